The lowest BCUT2D eigenvalue weighted by atomic mass is 9.99. The Morgan fingerprint density at radius 2 is 1.06 bits per heavy atom. The van der Waals surface area contributed by atoms with Crippen LogP contribution in [0, 0.1) is 0 Å². The molecular weight excluding hydrogens is 845 g/mol. The molecule has 1 N–H and O–H groups in total. The number of fused-ring (bicyclic) bond motifs is 15. The summed E-state index contributed by atoms with van der Waals surface area (Å²) in [4.78, 5) is 11.2. The number of benzene rings is 10. The minimum Gasteiger partial charge on any atom is -0.456 e. The summed E-state index contributed by atoms with van der Waals surface area (Å²) >= 11 is 3.65. The van der Waals surface area contributed by atoms with Crippen molar-refractivity contribution in [3.63, 3.8) is 0 Å². The molecule has 1 atom stereocenters. The van der Waals surface area contributed by atoms with Gasteiger partial charge >= 0.3 is 0 Å². The van der Waals surface area contributed by atoms with Crippen LogP contribution in [0.3, 0.4) is 0 Å². The first kappa shape index (κ1) is 36.3. The van der Waals surface area contributed by atoms with Crippen molar-refractivity contribution in [2.75, 3.05) is 0 Å². The Kier molecular flexibility index (Phi) is 7.53. The molecular formula is C59H34N4OS2. The number of nitrogens with one attached hydrogen (secondary N) is 1. The fourth-order valence-electron chi connectivity index (χ4n) is 10.6. The van der Waals surface area contributed by atoms with Crippen LogP contribution in [0.25, 0.3) is 111 Å². The molecule has 66 heavy (non-hydrogen) atoms. The number of aromatic nitrogens is 1. The Morgan fingerprint density at radius 1 is 0.439 bits per heavy atom. The van der Waals surface area contributed by atoms with Crippen LogP contribution in [-0.2, 0) is 0 Å². The van der Waals surface area contributed by atoms with E-state index in [2.05, 4.69) is 198 Å². The highest BCUT2D eigenvalue weighted by Crippen LogP contribution is 2.45. The fourth-order valence-corrected chi connectivity index (χ4v) is 12.8. The van der Waals surface area contributed by atoms with Crippen LogP contribution in [-0.4, -0.2) is 16.2 Å². The number of hydrogen-bond acceptors (Lipinski definition) is 6. The van der Waals surface area contributed by atoms with Crippen molar-refractivity contribution in [3.05, 3.63) is 211 Å². The van der Waals surface area contributed by atoms with Gasteiger partial charge in [0.2, 0.25) is 0 Å². The summed E-state index contributed by atoms with van der Waals surface area (Å²) in [7, 11) is 0. The molecule has 0 amide bonds. The first-order valence-corrected chi connectivity index (χ1v) is 23.9. The molecule has 0 saturated heterocycles. The van der Waals surface area contributed by atoms with Gasteiger partial charge in [0.05, 0.1) is 16.7 Å². The molecule has 14 aromatic rings. The van der Waals surface area contributed by atoms with Crippen LogP contribution >= 0.6 is 22.7 Å². The van der Waals surface area contributed by atoms with Crippen molar-refractivity contribution in [2.45, 2.75) is 6.17 Å². The average Bonchev–Trinajstić information content (AvgIpc) is 4.13. The van der Waals surface area contributed by atoms with E-state index < -0.39 is 6.17 Å². The van der Waals surface area contributed by atoms with Crippen LogP contribution in [0.5, 0.6) is 0 Å². The van der Waals surface area contributed by atoms with Crippen LogP contribution in [0.15, 0.2) is 209 Å². The maximum atomic E-state index is 6.72. The lowest BCUT2D eigenvalue weighted by molar-refractivity contribution is 0.661. The van der Waals surface area contributed by atoms with E-state index >= 15 is 0 Å². The van der Waals surface area contributed by atoms with E-state index in [4.69, 9.17) is 14.4 Å². The van der Waals surface area contributed by atoms with Gasteiger partial charge in [-0.25, -0.2) is 9.98 Å². The molecule has 0 spiro atoms. The van der Waals surface area contributed by atoms with Gasteiger partial charge in [-0.15, -0.1) is 22.7 Å². The Bertz CT molecular complexity index is 4470. The molecule has 0 saturated carbocycles. The van der Waals surface area contributed by atoms with E-state index in [9.17, 15) is 0 Å². The topological polar surface area (TPSA) is 54.8 Å². The van der Waals surface area contributed by atoms with Gasteiger partial charge in [-0.05, 0) is 106 Å². The summed E-state index contributed by atoms with van der Waals surface area (Å²) in [5, 5.41) is 18.2. The quantitative estimate of drug-likeness (QED) is 0.191. The predicted octanol–water partition coefficient (Wildman–Crippen LogP) is 16.2. The van der Waals surface area contributed by atoms with E-state index in [1.54, 1.807) is 0 Å². The zero-order valence-corrected chi connectivity index (χ0v) is 36.8. The molecule has 1 aliphatic rings. The molecule has 308 valence electrons. The normalized spacial score (nSPS) is 14.5. The Hall–Kier alpha value is -8.10. The van der Waals surface area contributed by atoms with Gasteiger partial charge in [0.25, 0.3) is 0 Å². The monoisotopic (exact) mass is 878 g/mol. The molecule has 7 heteroatoms. The van der Waals surface area contributed by atoms with Gasteiger partial charge in [-0.3, -0.25) is 0 Å². The average molecular weight is 879 g/mol. The largest absolute Gasteiger partial charge is 0.456 e. The van der Waals surface area contributed by atoms with Crippen molar-refractivity contribution in [1.82, 2.24) is 9.88 Å². The molecule has 1 aliphatic heterocycles. The molecule has 0 aliphatic carbocycles. The number of para-hydroxylation sites is 1. The fraction of sp³-hybridized carbons (Fsp3) is 0.0169. The predicted molar refractivity (Wildman–Crippen MR) is 281 cm³/mol. The molecule has 15 rings (SSSR count). The minimum absolute atomic E-state index is 0.564. The van der Waals surface area contributed by atoms with Crippen LogP contribution in [0.2, 0.25) is 0 Å². The third-order valence-corrected chi connectivity index (χ3v) is 15.9. The highest BCUT2D eigenvalue weighted by molar-refractivity contribution is 7.26. The van der Waals surface area contributed by atoms with E-state index in [0.717, 1.165) is 61.2 Å². The number of furan rings is 1. The second-order valence-corrected chi connectivity index (χ2v) is 19.4. The second-order valence-electron chi connectivity index (χ2n) is 17.3. The van der Waals surface area contributed by atoms with E-state index in [1.165, 1.54) is 72.7 Å². The number of nitrogens with zero attached hydrogens (tertiary/aromatic N) is 3. The minimum atomic E-state index is -0.564. The van der Waals surface area contributed by atoms with Gasteiger partial charge < -0.3 is 14.3 Å². The third kappa shape index (κ3) is 5.26. The first-order chi connectivity index (χ1) is 32.7. The van der Waals surface area contributed by atoms with Crippen molar-refractivity contribution in [3.8, 4) is 5.69 Å². The van der Waals surface area contributed by atoms with Crippen LogP contribution < -0.4 is 5.32 Å². The van der Waals surface area contributed by atoms with Crippen LogP contribution in [0.4, 0.5) is 0 Å². The molecule has 10 aromatic carbocycles. The summed E-state index contributed by atoms with van der Waals surface area (Å²) in [5.74, 6) is 1.45. The number of aliphatic imine (C=N–C) groups is 2. The van der Waals surface area contributed by atoms with Gasteiger partial charge in [-0.2, -0.15) is 0 Å². The SMILES string of the molecule is c1ccc2cc3c(cc2c1)c1c2ccccc2ccc1n3-c1ccc2oc3ccccc3c2c1C1N=C(c2ccc3sc4ccccc4c3c2)N=C(c2ccc3sc4ccccc4c3c2)N1. The highest BCUT2D eigenvalue weighted by Gasteiger charge is 2.30. The summed E-state index contributed by atoms with van der Waals surface area (Å²) in [6.07, 6.45) is -0.564. The van der Waals surface area contributed by atoms with Gasteiger partial charge in [0, 0.05) is 78.6 Å². The number of thiophene rings is 2. The number of amidine groups is 2. The van der Waals surface area contributed by atoms with Gasteiger partial charge in [0.15, 0.2) is 12.0 Å². The lowest BCUT2D eigenvalue weighted by Crippen LogP contribution is -2.34. The Labute approximate surface area is 384 Å². The van der Waals surface area contributed by atoms with Crippen LogP contribution in [0.1, 0.15) is 22.9 Å². The van der Waals surface area contributed by atoms with Crippen molar-refractivity contribution in [2.24, 2.45) is 9.98 Å². The standard InChI is InChI=1S/C59H34N4OS2/c1-2-13-35-32-47-44(29-34(35)12-1)54-38-14-4-3-11-33(38)21-24-45(54)63(47)46-25-26-49-55(41-17-5-8-18-48(41)64-49)56(46)59-61-57(36-22-27-52-42(30-36)39-15-6-9-19-50(39)65-52)60-58(62-59)37-23-28-53-43(31-37)40-16-7-10-20-51(40)66-53/h1-32,59H,(H,60,61,62). The Morgan fingerprint density at radius 3 is 1.83 bits per heavy atom. The van der Waals surface area contributed by atoms with E-state index in [0.29, 0.717) is 5.84 Å². The van der Waals surface area contributed by atoms with Gasteiger partial charge in [-0.1, -0.05) is 109 Å². The lowest BCUT2D eigenvalue weighted by Gasteiger charge is -2.27. The first-order valence-electron chi connectivity index (χ1n) is 22.2. The number of rotatable bonds is 4. The zero-order valence-electron chi connectivity index (χ0n) is 35.1. The molecule has 0 fully saturated rings. The van der Waals surface area contributed by atoms with Gasteiger partial charge in [0.1, 0.15) is 17.0 Å². The maximum absolute atomic E-state index is 6.72. The van der Waals surface area contributed by atoms with Crippen molar-refractivity contribution in [1.29, 1.82) is 0 Å². The van der Waals surface area contributed by atoms with E-state index in [1.807, 2.05) is 28.7 Å². The zero-order chi connectivity index (χ0) is 43.0. The molecule has 0 radical (unpaired) electrons. The molecule has 0 bridgehead atoms. The van der Waals surface area contributed by atoms with Crippen molar-refractivity contribution >= 4 is 140 Å². The molecule has 5 heterocycles. The molecule has 4 aromatic heterocycles. The smallest absolute Gasteiger partial charge is 0.159 e. The summed E-state index contributed by atoms with van der Waals surface area (Å²) in [6.45, 7) is 0. The summed E-state index contributed by atoms with van der Waals surface area (Å²) < 4.78 is 14.2. The summed E-state index contributed by atoms with van der Waals surface area (Å²) in [6, 6.07) is 70.2. The highest BCUT2D eigenvalue weighted by atomic mass is 32.1. The van der Waals surface area contributed by atoms with Crippen molar-refractivity contribution < 1.29 is 4.42 Å². The summed E-state index contributed by atoms with van der Waals surface area (Å²) in [5.41, 5.74) is 7.93. The molecule has 5 nitrogen and oxygen atoms in total. The number of hydrogen-bond donors (Lipinski definition) is 1. The second kappa shape index (κ2) is 13.7. The maximum Gasteiger partial charge on any atom is 0.159 e. The third-order valence-electron chi connectivity index (χ3n) is 13.6. The molecule has 1 unspecified atom stereocenters. The Balaban J connectivity index is 1.04. The van der Waals surface area contributed by atoms with E-state index in [-0.39, 0.29) is 0 Å².